The standard InChI is InChI=1S/C13H16O2/c1-2-7-13(9-14)8-11-5-3-4-6-12(11)15-10-13/h3-6,9H,2,7-8,10H2,1H3. The number of ether oxygens (including phenoxy) is 1. The lowest BCUT2D eigenvalue weighted by atomic mass is 9.78. The Hall–Kier alpha value is -1.31. The molecule has 0 spiro atoms. The first-order chi connectivity index (χ1) is 7.29. The lowest BCUT2D eigenvalue weighted by Gasteiger charge is -2.33. The third kappa shape index (κ3) is 1.89. The van der Waals surface area contributed by atoms with E-state index >= 15 is 0 Å². The molecule has 0 radical (unpaired) electrons. The molecule has 1 aromatic carbocycles. The van der Waals surface area contributed by atoms with Crippen LogP contribution in [0, 0.1) is 5.41 Å². The lowest BCUT2D eigenvalue weighted by Crippen LogP contribution is -2.36. The van der Waals surface area contributed by atoms with E-state index in [1.54, 1.807) is 0 Å². The molecule has 1 aliphatic heterocycles. The van der Waals surface area contributed by atoms with Crippen LogP contribution in [-0.2, 0) is 11.2 Å². The number of carbonyl (C=O) groups excluding carboxylic acids is 1. The minimum absolute atomic E-state index is 0.289. The third-order valence-electron chi connectivity index (χ3n) is 3.03. The molecular formula is C13H16O2. The van der Waals surface area contributed by atoms with Gasteiger partial charge >= 0.3 is 0 Å². The van der Waals surface area contributed by atoms with Crippen molar-refractivity contribution in [2.24, 2.45) is 5.41 Å². The highest BCUT2D eigenvalue weighted by molar-refractivity contribution is 5.62. The van der Waals surface area contributed by atoms with E-state index in [-0.39, 0.29) is 5.41 Å². The van der Waals surface area contributed by atoms with Gasteiger partial charge in [-0.2, -0.15) is 0 Å². The second kappa shape index (κ2) is 4.05. The van der Waals surface area contributed by atoms with Crippen molar-refractivity contribution in [1.82, 2.24) is 0 Å². The van der Waals surface area contributed by atoms with Crippen LogP contribution in [0.25, 0.3) is 0 Å². The summed E-state index contributed by atoms with van der Waals surface area (Å²) in [6, 6.07) is 7.97. The van der Waals surface area contributed by atoms with Crippen molar-refractivity contribution in [3.8, 4) is 5.75 Å². The van der Waals surface area contributed by atoms with Crippen LogP contribution in [0.3, 0.4) is 0 Å². The molecule has 2 rings (SSSR count). The van der Waals surface area contributed by atoms with Crippen molar-refractivity contribution < 1.29 is 9.53 Å². The quantitative estimate of drug-likeness (QED) is 0.707. The number of benzene rings is 1. The van der Waals surface area contributed by atoms with Crippen molar-refractivity contribution >= 4 is 6.29 Å². The van der Waals surface area contributed by atoms with Gasteiger partial charge in [-0.1, -0.05) is 31.5 Å². The molecule has 1 atom stereocenters. The number of hydrogen-bond acceptors (Lipinski definition) is 2. The largest absolute Gasteiger partial charge is 0.492 e. The average Bonchev–Trinajstić information content (AvgIpc) is 2.29. The Morgan fingerprint density at radius 3 is 3.00 bits per heavy atom. The van der Waals surface area contributed by atoms with Crippen LogP contribution in [0.5, 0.6) is 5.75 Å². The summed E-state index contributed by atoms with van der Waals surface area (Å²) in [5.41, 5.74) is 0.868. The highest BCUT2D eigenvalue weighted by Gasteiger charge is 2.34. The summed E-state index contributed by atoms with van der Waals surface area (Å²) in [6.07, 6.45) is 3.82. The number of hydrogen-bond donors (Lipinski definition) is 0. The Morgan fingerprint density at radius 1 is 1.47 bits per heavy atom. The second-order valence-electron chi connectivity index (χ2n) is 4.30. The van der Waals surface area contributed by atoms with Crippen LogP contribution < -0.4 is 4.74 Å². The first-order valence-electron chi connectivity index (χ1n) is 5.47. The van der Waals surface area contributed by atoms with Crippen LogP contribution in [-0.4, -0.2) is 12.9 Å². The molecule has 1 aromatic rings. The summed E-state index contributed by atoms with van der Waals surface area (Å²) >= 11 is 0. The minimum atomic E-state index is -0.289. The maximum Gasteiger partial charge on any atom is 0.129 e. The Kier molecular flexibility index (Phi) is 2.76. The van der Waals surface area contributed by atoms with E-state index < -0.39 is 0 Å². The van der Waals surface area contributed by atoms with Gasteiger partial charge in [-0.3, -0.25) is 0 Å². The molecule has 0 bridgehead atoms. The molecule has 0 fully saturated rings. The van der Waals surface area contributed by atoms with E-state index in [1.807, 2.05) is 24.3 Å². The maximum atomic E-state index is 11.2. The van der Waals surface area contributed by atoms with E-state index in [4.69, 9.17) is 4.74 Å². The molecule has 0 aromatic heterocycles. The molecule has 2 nitrogen and oxygen atoms in total. The fourth-order valence-corrected chi connectivity index (χ4v) is 2.24. The Bertz CT molecular complexity index is 359. The molecule has 2 heteroatoms. The maximum absolute atomic E-state index is 11.2. The predicted molar refractivity (Wildman–Crippen MR) is 59.0 cm³/mol. The van der Waals surface area contributed by atoms with Gasteiger partial charge in [-0.05, 0) is 24.5 Å². The molecule has 0 saturated carbocycles. The molecule has 1 unspecified atom stereocenters. The van der Waals surface area contributed by atoms with Crippen molar-refractivity contribution in [2.75, 3.05) is 6.61 Å². The molecule has 0 saturated heterocycles. The summed E-state index contributed by atoms with van der Waals surface area (Å²) in [6.45, 7) is 2.63. The fourth-order valence-electron chi connectivity index (χ4n) is 2.24. The van der Waals surface area contributed by atoms with Gasteiger partial charge in [-0.25, -0.2) is 0 Å². The molecule has 15 heavy (non-hydrogen) atoms. The summed E-state index contributed by atoms with van der Waals surface area (Å²) in [7, 11) is 0. The first kappa shape index (κ1) is 10.2. The van der Waals surface area contributed by atoms with E-state index in [0.29, 0.717) is 6.61 Å². The molecule has 0 aliphatic carbocycles. The normalized spacial score (nSPS) is 24.1. The van der Waals surface area contributed by atoms with Gasteiger partial charge in [0.1, 0.15) is 18.6 Å². The number of carbonyl (C=O) groups is 1. The van der Waals surface area contributed by atoms with Gasteiger partial charge in [0.05, 0.1) is 5.41 Å². The summed E-state index contributed by atoms with van der Waals surface area (Å²) in [5.74, 6) is 0.936. The lowest BCUT2D eigenvalue weighted by molar-refractivity contribution is -0.119. The SMILES string of the molecule is CCCC1(C=O)COc2ccccc2C1. The number of fused-ring (bicyclic) bond motifs is 1. The Balaban J connectivity index is 2.26. The zero-order valence-corrected chi connectivity index (χ0v) is 9.03. The number of para-hydroxylation sites is 1. The van der Waals surface area contributed by atoms with Crippen LogP contribution in [0.15, 0.2) is 24.3 Å². The van der Waals surface area contributed by atoms with Gasteiger partial charge in [0.15, 0.2) is 0 Å². The van der Waals surface area contributed by atoms with E-state index in [9.17, 15) is 4.79 Å². The van der Waals surface area contributed by atoms with Crippen molar-refractivity contribution in [3.63, 3.8) is 0 Å². The van der Waals surface area contributed by atoms with Gasteiger partial charge in [-0.15, -0.1) is 0 Å². The van der Waals surface area contributed by atoms with E-state index in [0.717, 1.165) is 36.9 Å². The van der Waals surface area contributed by atoms with Crippen molar-refractivity contribution in [3.05, 3.63) is 29.8 Å². The second-order valence-corrected chi connectivity index (χ2v) is 4.30. The van der Waals surface area contributed by atoms with Crippen LogP contribution in [0.4, 0.5) is 0 Å². The molecule has 0 N–H and O–H groups in total. The van der Waals surface area contributed by atoms with Crippen molar-refractivity contribution in [1.29, 1.82) is 0 Å². The number of rotatable bonds is 3. The minimum Gasteiger partial charge on any atom is -0.492 e. The Morgan fingerprint density at radius 2 is 2.27 bits per heavy atom. The van der Waals surface area contributed by atoms with Gasteiger partial charge in [0, 0.05) is 0 Å². The Labute approximate surface area is 90.3 Å². The predicted octanol–water partition coefficient (Wildman–Crippen LogP) is 2.61. The average molecular weight is 204 g/mol. The van der Waals surface area contributed by atoms with Crippen LogP contribution in [0.1, 0.15) is 25.3 Å². The molecule has 0 amide bonds. The molecule has 80 valence electrons. The smallest absolute Gasteiger partial charge is 0.129 e. The topological polar surface area (TPSA) is 26.3 Å². The van der Waals surface area contributed by atoms with Gasteiger partial charge in [0.25, 0.3) is 0 Å². The monoisotopic (exact) mass is 204 g/mol. The zero-order chi connectivity index (χ0) is 10.7. The molecule has 1 aliphatic rings. The highest BCUT2D eigenvalue weighted by Crippen LogP contribution is 2.36. The van der Waals surface area contributed by atoms with Crippen LogP contribution >= 0.6 is 0 Å². The van der Waals surface area contributed by atoms with Gasteiger partial charge in [0.2, 0.25) is 0 Å². The van der Waals surface area contributed by atoms with Crippen LogP contribution in [0.2, 0.25) is 0 Å². The highest BCUT2D eigenvalue weighted by atomic mass is 16.5. The zero-order valence-electron chi connectivity index (χ0n) is 9.03. The van der Waals surface area contributed by atoms with E-state index in [2.05, 4.69) is 6.92 Å². The summed E-state index contributed by atoms with van der Waals surface area (Å²) in [4.78, 5) is 11.2. The van der Waals surface area contributed by atoms with E-state index in [1.165, 1.54) is 0 Å². The fraction of sp³-hybridized carbons (Fsp3) is 0.462. The number of aldehydes is 1. The first-order valence-corrected chi connectivity index (χ1v) is 5.47. The summed E-state index contributed by atoms with van der Waals surface area (Å²) < 4.78 is 5.65. The van der Waals surface area contributed by atoms with Gasteiger partial charge < -0.3 is 9.53 Å². The third-order valence-corrected chi connectivity index (χ3v) is 3.03. The summed E-state index contributed by atoms with van der Waals surface area (Å²) in [5, 5.41) is 0. The van der Waals surface area contributed by atoms with Crippen molar-refractivity contribution in [2.45, 2.75) is 26.2 Å². The molecule has 1 heterocycles. The molecular weight excluding hydrogens is 188 g/mol.